The fraction of sp³-hybridized carbons (Fsp3) is 0.308. The van der Waals surface area contributed by atoms with Crippen molar-refractivity contribution in [3.05, 3.63) is 35.5 Å². The molecule has 0 saturated carbocycles. The van der Waals surface area contributed by atoms with Gasteiger partial charge in [-0.2, -0.15) is 0 Å². The number of fused-ring (bicyclic) bond motifs is 1. The molecule has 1 aliphatic rings. The number of pyridine rings is 1. The molecule has 0 fully saturated rings. The van der Waals surface area contributed by atoms with E-state index in [1.165, 1.54) is 18.4 Å². The molecule has 86 valence electrons. The standard InChI is InChI=1S/C13H12ClN3/c14-12-6-10-11(7-15-12)16-8-17-13(10)9-4-2-1-3-5-9/h4,6-8H,1-3,5H2. The molecule has 0 spiro atoms. The third-order valence-corrected chi connectivity index (χ3v) is 3.29. The van der Waals surface area contributed by atoms with Crippen LogP contribution in [0.4, 0.5) is 0 Å². The fourth-order valence-corrected chi connectivity index (χ4v) is 2.40. The van der Waals surface area contributed by atoms with Gasteiger partial charge in [0.15, 0.2) is 0 Å². The van der Waals surface area contributed by atoms with E-state index in [1.54, 1.807) is 12.5 Å². The molecule has 2 aromatic rings. The summed E-state index contributed by atoms with van der Waals surface area (Å²) in [6, 6.07) is 1.85. The minimum Gasteiger partial charge on any atom is -0.242 e. The number of allylic oxidation sites excluding steroid dienone is 2. The Labute approximate surface area is 105 Å². The zero-order valence-electron chi connectivity index (χ0n) is 9.36. The summed E-state index contributed by atoms with van der Waals surface area (Å²) in [6.07, 6.45) is 10.3. The highest BCUT2D eigenvalue weighted by molar-refractivity contribution is 6.30. The Kier molecular flexibility index (Phi) is 2.77. The largest absolute Gasteiger partial charge is 0.242 e. The minimum atomic E-state index is 0.491. The van der Waals surface area contributed by atoms with Gasteiger partial charge in [0.1, 0.15) is 11.5 Å². The highest BCUT2D eigenvalue weighted by Crippen LogP contribution is 2.29. The third kappa shape index (κ3) is 2.03. The van der Waals surface area contributed by atoms with Gasteiger partial charge in [-0.15, -0.1) is 0 Å². The number of nitrogens with zero attached hydrogens (tertiary/aromatic N) is 3. The van der Waals surface area contributed by atoms with Crippen LogP contribution in [0.2, 0.25) is 5.15 Å². The molecule has 0 amide bonds. The summed E-state index contributed by atoms with van der Waals surface area (Å²) in [7, 11) is 0. The van der Waals surface area contributed by atoms with E-state index in [2.05, 4.69) is 21.0 Å². The molecule has 0 bridgehead atoms. The van der Waals surface area contributed by atoms with Gasteiger partial charge in [0.2, 0.25) is 0 Å². The van der Waals surface area contributed by atoms with Crippen LogP contribution < -0.4 is 0 Å². The normalized spacial score (nSPS) is 15.9. The maximum atomic E-state index is 5.94. The highest BCUT2D eigenvalue weighted by atomic mass is 35.5. The lowest BCUT2D eigenvalue weighted by molar-refractivity contribution is 0.740. The lowest BCUT2D eigenvalue weighted by Gasteiger charge is -2.13. The summed E-state index contributed by atoms with van der Waals surface area (Å²) in [5.41, 5.74) is 3.18. The van der Waals surface area contributed by atoms with Crippen LogP contribution in [0.15, 0.2) is 24.7 Å². The van der Waals surface area contributed by atoms with E-state index in [1.807, 2.05) is 6.07 Å². The topological polar surface area (TPSA) is 38.7 Å². The quantitative estimate of drug-likeness (QED) is 0.720. The van der Waals surface area contributed by atoms with Crippen molar-refractivity contribution < 1.29 is 0 Å². The summed E-state index contributed by atoms with van der Waals surface area (Å²) in [5.74, 6) is 0. The van der Waals surface area contributed by atoms with Crippen molar-refractivity contribution in [1.29, 1.82) is 0 Å². The SMILES string of the molecule is Clc1cc2c(C3=CCCCC3)ncnc2cn1. The molecule has 1 aliphatic carbocycles. The van der Waals surface area contributed by atoms with Crippen LogP contribution in [0.1, 0.15) is 31.4 Å². The van der Waals surface area contributed by atoms with Crippen LogP contribution in [-0.2, 0) is 0 Å². The number of halogens is 1. The van der Waals surface area contributed by atoms with Gasteiger partial charge in [-0.05, 0) is 37.3 Å². The van der Waals surface area contributed by atoms with Crippen LogP contribution in [-0.4, -0.2) is 15.0 Å². The summed E-state index contributed by atoms with van der Waals surface area (Å²) in [4.78, 5) is 12.7. The number of rotatable bonds is 1. The Bertz CT molecular complexity index is 592. The maximum Gasteiger partial charge on any atom is 0.129 e. The number of aromatic nitrogens is 3. The predicted molar refractivity (Wildman–Crippen MR) is 68.8 cm³/mol. The molecular weight excluding hydrogens is 234 g/mol. The smallest absolute Gasteiger partial charge is 0.129 e. The van der Waals surface area contributed by atoms with Crippen molar-refractivity contribution in [2.24, 2.45) is 0 Å². The van der Waals surface area contributed by atoms with Crippen molar-refractivity contribution in [1.82, 2.24) is 15.0 Å². The molecule has 0 unspecified atom stereocenters. The van der Waals surface area contributed by atoms with Crippen molar-refractivity contribution in [2.45, 2.75) is 25.7 Å². The molecule has 17 heavy (non-hydrogen) atoms. The van der Waals surface area contributed by atoms with Crippen LogP contribution in [0.25, 0.3) is 16.5 Å². The Hall–Kier alpha value is -1.48. The minimum absolute atomic E-state index is 0.491. The average Bonchev–Trinajstić information content (AvgIpc) is 2.39. The molecule has 0 saturated heterocycles. The Morgan fingerprint density at radius 1 is 1.12 bits per heavy atom. The van der Waals surface area contributed by atoms with E-state index in [0.717, 1.165) is 29.4 Å². The summed E-state index contributed by atoms with van der Waals surface area (Å²) in [5, 5.41) is 1.49. The Morgan fingerprint density at radius 2 is 2.06 bits per heavy atom. The molecule has 3 nitrogen and oxygen atoms in total. The Balaban J connectivity index is 2.21. The summed E-state index contributed by atoms with van der Waals surface area (Å²) < 4.78 is 0. The zero-order valence-corrected chi connectivity index (χ0v) is 10.1. The van der Waals surface area contributed by atoms with E-state index >= 15 is 0 Å². The van der Waals surface area contributed by atoms with Gasteiger partial charge >= 0.3 is 0 Å². The number of hydrogen-bond donors (Lipinski definition) is 0. The summed E-state index contributed by atoms with van der Waals surface area (Å²) >= 11 is 5.94. The second-order valence-corrected chi connectivity index (χ2v) is 4.61. The van der Waals surface area contributed by atoms with Crippen molar-refractivity contribution in [2.75, 3.05) is 0 Å². The Morgan fingerprint density at radius 3 is 2.88 bits per heavy atom. The van der Waals surface area contributed by atoms with E-state index in [0.29, 0.717) is 5.15 Å². The van der Waals surface area contributed by atoms with Gasteiger partial charge < -0.3 is 0 Å². The van der Waals surface area contributed by atoms with Gasteiger partial charge in [-0.3, -0.25) is 0 Å². The molecular formula is C13H12ClN3. The lowest BCUT2D eigenvalue weighted by Crippen LogP contribution is -1.97. The van der Waals surface area contributed by atoms with E-state index in [4.69, 9.17) is 11.6 Å². The number of hydrogen-bond acceptors (Lipinski definition) is 3. The van der Waals surface area contributed by atoms with Crippen molar-refractivity contribution in [3.63, 3.8) is 0 Å². The first kappa shape index (κ1) is 10.7. The molecule has 2 aromatic heterocycles. The van der Waals surface area contributed by atoms with E-state index < -0.39 is 0 Å². The lowest BCUT2D eigenvalue weighted by atomic mass is 9.95. The van der Waals surface area contributed by atoms with Crippen molar-refractivity contribution in [3.8, 4) is 0 Å². The fourth-order valence-electron chi connectivity index (χ4n) is 2.24. The molecule has 0 atom stereocenters. The molecule has 0 N–H and O–H groups in total. The van der Waals surface area contributed by atoms with E-state index in [9.17, 15) is 0 Å². The first-order valence-electron chi connectivity index (χ1n) is 5.80. The summed E-state index contributed by atoms with van der Waals surface area (Å²) in [6.45, 7) is 0. The monoisotopic (exact) mass is 245 g/mol. The van der Waals surface area contributed by atoms with Crippen LogP contribution in [0.3, 0.4) is 0 Å². The van der Waals surface area contributed by atoms with E-state index in [-0.39, 0.29) is 0 Å². The van der Waals surface area contributed by atoms with Gasteiger partial charge in [0, 0.05) is 5.39 Å². The average molecular weight is 246 g/mol. The molecule has 4 heteroatoms. The molecule has 3 rings (SSSR count). The highest BCUT2D eigenvalue weighted by Gasteiger charge is 2.12. The zero-order chi connectivity index (χ0) is 11.7. The van der Waals surface area contributed by atoms with Crippen LogP contribution in [0.5, 0.6) is 0 Å². The first-order chi connectivity index (χ1) is 8.34. The second kappa shape index (κ2) is 4.41. The first-order valence-corrected chi connectivity index (χ1v) is 6.18. The van der Waals surface area contributed by atoms with Crippen LogP contribution in [0, 0.1) is 0 Å². The van der Waals surface area contributed by atoms with Gasteiger partial charge in [-0.1, -0.05) is 17.7 Å². The van der Waals surface area contributed by atoms with Crippen molar-refractivity contribution >= 4 is 28.1 Å². The second-order valence-electron chi connectivity index (χ2n) is 4.22. The molecule has 2 heterocycles. The van der Waals surface area contributed by atoms with Gasteiger partial charge in [-0.25, -0.2) is 15.0 Å². The molecule has 0 aliphatic heterocycles. The van der Waals surface area contributed by atoms with Gasteiger partial charge in [0.25, 0.3) is 0 Å². The predicted octanol–water partition coefficient (Wildman–Crippen LogP) is 3.64. The molecule has 0 aromatic carbocycles. The molecule has 0 radical (unpaired) electrons. The maximum absolute atomic E-state index is 5.94. The van der Waals surface area contributed by atoms with Crippen LogP contribution >= 0.6 is 11.6 Å². The van der Waals surface area contributed by atoms with Gasteiger partial charge in [0.05, 0.1) is 17.4 Å². The third-order valence-electron chi connectivity index (χ3n) is 3.08.